The highest BCUT2D eigenvalue weighted by Gasteiger charge is 2.14. The molecule has 7 heteroatoms. The number of nitrogens with one attached hydrogen (secondary N) is 1. The number of aromatic nitrogens is 1. The lowest BCUT2D eigenvalue weighted by molar-refractivity contribution is 0.0723. The molecule has 0 amide bonds. The Morgan fingerprint density at radius 1 is 1.15 bits per heavy atom. The number of aryl methyl sites for hydroxylation is 2. The van der Waals surface area contributed by atoms with Crippen molar-refractivity contribution in [1.29, 1.82) is 0 Å². The maximum Gasteiger partial charge on any atom is 0.360 e. The van der Waals surface area contributed by atoms with E-state index in [-0.39, 0.29) is 17.2 Å². The fourth-order valence-corrected chi connectivity index (χ4v) is 2.52. The lowest BCUT2D eigenvalue weighted by atomic mass is 10.1. The van der Waals surface area contributed by atoms with E-state index in [1.807, 2.05) is 24.3 Å². The van der Waals surface area contributed by atoms with Crippen molar-refractivity contribution in [1.82, 2.24) is 4.98 Å². The zero-order valence-electron chi connectivity index (χ0n) is 13.7. The van der Waals surface area contributed by atoms with E-state index in [0.717, 1.165) is 36.3 Å². The summed E-state index contributed by atoms with van der Waals surface area (Å²) in [5.74, 6) is -0.824. The molecule has 6 nitrogen and oxygen atoms in total. The quantitative estimate of drug-likeness (QED) is 0.647. The van der Waals surface area contributed by atoms with Gasteiger partial charge in [-0.25, -0.2) is 4.79 Å². The molecule has 0 aliphatic rings. The first-order valence-corrected chi connectivity index (χ1v) is 8.29. The van der Waals surface area contributed by atoms with Crippen LogP contribution in [0, 0.1) is 0 Å². The first-order valence-electron chi connectivity index (χ1n) is 7.91. The molecule has 0 fully saturated rings. The minimum Gasteiger partial charge on any atom is -0.463 e. The average molecular weight is 374 g/mol. The van der Waals surface area contributed by atoms with Gasteiger partial charge < -0.3 is 19.2 Å². The number of halogens is 1. The van der Waals surface area contributed by atoms with Crippen LogP contribution in [0.5, 0.6) is 5.75 Å². The number of benzene rings is 1. The van der Waals surface area contributed by atoms with Crippen molar-refractivity contribution in [3.05, 3.63) is 86.7 Å². The summed E-state index contributed by atoms with van der Waals surface area (Å²) in [5.41, 5.74) is 1.78. The highest BCUT2D eigenvalue weighted by atomic mass is 35.5. The number of aromatic amines is 1. The predicted molar refractivity (Wildman–Crippen MR) is 95.5 cm³/mol. The molecule has 0 bridgehead atoms. The van der Waals surface area contributed by atoms with Crippen LogP contribution in [0.15, 0.2) is 58.1 Å². The van der Waals surface area contributed by atoms with Gasteiger partial charge in [-0.05, 0) is 42.2 Å². The van der Waals surface area contributed by atoms with Crippen LogP contribution in [0.2, 0.25) is 5.02 Å². The molecule has 2 aromatic heterocycles. The van der Waals surface area contributed by atoms with E-state index in [4.69, 9.17) is 25.9 Å². The van der Waals surface area contributed by atoms with Gasteiger partial charge in [0.2, 0.25) is 11.2 Å². The number of esters is 1. The van der Waals surface area contributed by atoms with Crippen molar-refractivity contribution >= 4 is 17.6 Å². The van der Waals surface area contributed by atoms with Crippen molar-refractivity contribution in [3.8, 4) is 5.75 Å². The number of carbonyl (C=O) groups is 1. The van der Waals surface area contributed by atoms with Crippen molar-refractivity contribution in [2.45, 2.75) is 19.4 Å². The van der Waals surface area contributed by atoms with Crippen LogP contribution in [0.1, 0.15) is 27.4 Å². The molecule has 0 spiro atoms. The summed E-state index contributed by atoms with van der Waals surface area (Å²) >= 11 is 5.86. The third-order valence-corrected chi connectivity index (χ3v) is 4.04. The minimum absolute atomic E-state index is 0.0964. The number of aliphatic hydroxyl groups is 1. The van der Waals surface area contributed by atoms with Crippen LogP contribution in [-0.2, 0) is 19.4 Å². The number of rotatable bonds is 6. The monoisotopic (exact) mass is 373 g/mol. The van der Waals surface area contributed by atoms with Crippen LogP contribution in [0.25, 0.3) is 0 Å². The number of hydrogen-bond acceptors (Lipinski definition) is 5. The largest absolute Gasteiger partial charge is 0.463 e. The van der Waals surface area contributed by atoms with Gasteiger partial charge in [0.15, 0.2) is 0 Å². The van der Waals surface area contributed by atoms with E-state index in [1.165, 1.54) is 0 Å². The molecule has 0 aliphatic carbocycles. The van der Waals surface area contributed by atoms with Crippen LogP contribution in [0.3, 0.4) is 0 Å². The number of H-pyrrole nitrogens is 1. The molecule has 3 rings (SSSR count). The van der Waals surface area contributed by atoms with Gasteiger partial charge in [0.25, 0.3) is 0 Å². The minimum atomic E-state index is -0.688. The molecule has 2 N–H and O–H groups in total. The Hall–Kier alpha value is -2.83. The zero-order valence-corrected chi connectivity index (χ0v) is 14.5. The van der Waals surface area contributed by atoms with Crippen molar-refractivity contribution in [2.24, 2.45) is 0 Å². The Morgan fingerprint density at radius 3 is 2.58 bits per heavy atom. The Morgan fingerprint density at radius 2 is 1.88 bits per heavy atom. The molecule has 2 heterocycles. The Kier molecular flexibility index (Phi) is 5.55. The fraction of sp³-hybridized carbons (Fsp3) is 0.158. The van der Waals surface area contributed by atoms with Crippen molar-refractivity contribution < 1.29 is 19.1 Å². The lowest BCUT2D eigenvalue weighted by Gasteiger charge is -2.02. The molecule has 0 aliphatic heterocycles. The van der Waals surface area contributed by atoms with E-state index < -0.39 is 18.0 Å². The predicted octanol–water partition coefficient (Wildman–Crippen LogP) is 3.12. The molecular weight excluding hydrogens is 358 g/mol. The molecular formula is C19H16ClNO5. The van der Waals surface area contributed by atoms with E-state index in [1.54, 1.807) is 12.3 Å². The second-order valence-electron chi connectivity index (χ2n) is 5.67. The topological polar surface area (TPSA) is 92.5 Å². The molecule has 0 saturated heterocycles. The van der Waals surface area contributed by atoms with Gasteiger partial charge in [-0.1, -0.05) is 23.7 Å². The van der Waals surface area contributed by atoms with Gasteiger partial charge in [0, 0.05) is 17.3 Å². The maximum absolute atomic E-state index is 12.1. The summed E-state index contributed by atoms with van der Waals surface area (Å²) in [5, 5.41) is 9.60. The van der Waals surface area contributed by atoms with Gasteiger partial charge in [-0.3, -0.25) is 4.79 Å². The van der Waals surface area contributed by atoms with Crippen LogP contribution in [-0.4, -0.2) is 16.1 Å². The third kappa shape index (κ3) is 4.41. The molecule has 0 atom stereocenters. The number of hydrogen-bond donors (Lipinski definition) is 2. The first-order chi connectivity index (χ1) is 12.5. The highest BCUT2D eigenvalue weighted by Crippen LogP contribution is 2.14. The summed E-state index contributed by atoms with van der Waals surface area (Å²) in [4.78, 5) is 26.8. The van der Waals surface area contributed by atoms with E-state index >= 15 is 0 Å². The van der Waals surface area contributed by atoms with E-state index in [9.17, 15) is 9.59 Å². The molecule has 0 radical (unpaired) electrons. The number of carbonyl (C=O) groups excluding carboxylic acids is 1. The van der Waals surface area contributed by atoms with Gasteiger partial charge in [0.1, 0.15) is 24.3 Å². The number of aliphatic hydroxyl groups excluding tert-OH is 1. The molecule has 26 heavy (non-hydrogen) atoms. The SMILES string of the molecule is O=C(Oc1coc(CO)cc1=O)c1cc(CCc2ccc(Cl)cc2)c[nH]1. The first kappa shape index (κ1) is 18.0. The summed E-state index contributed by atoms with van der Waals surface area (Å²) in [6.07, 6.45) is 4.27. The second-order valence-corrected chi connectivity index (χ2v) is 6.11. The van der Waals surface area contributed by atoms with Gasteiger partial charge in [0.05, 0.1) is 0 Å². The second kappa shape index (κ2) is 8.03. The standard InChI is InChI=1S/C19H16ClNO5/c20-14-5-3-12(4-6-14)1-2-13-7-16(21-9-13)19(24)26-18-11-25-15(10-22)8-17(18)23/h3-9,11,21-22H,1-2,10H2. The third-order valence-electron chi connectivity index (χ3n) is 3.79. The van der Waals surface area contributed by atoms with Crippen molar-refractivity contribution in [3.63, 3.8) is 0 Å². The smallest absolute Gasteiger partial charge is 0.360 e. The van der Waals surface area contributed by atoms with Gasteiger partial charge in [-0.15, -0.1) is 0 Å². The lowest BCUT2D eigenvalue weighted by Crippen LogP contribution is -2.15. The normalized spacial score (nSPS) is 10.7. The molecule has 1 aromatic carbocycles. The number of ether oxygens (including phenoxy) is 1. The maximum atomic E-state index is 12.1. The van der Waals surface area contributed by atoms with Gasteiger partial charge >= 0.3 is 5.97 Å². The summed E-state index contributed by atoms with van der Waals surface area (Å²) in [6, 6.07) is 10.4. The van der Waals surface area contributed by atoms with Crippen LogP contribution >= 0.6 is 11.6 Å². The molecule has 0 saturated carbocycles. The van der Waals surface area contributed by atoms with Crippen LogP contribution in [0.4, 0.5) is 0 Å². The molecule has 0 unspecified atom stereocenters. The fourth-order valence-electron chi connectivity index (χ4n) is 2.39. The Bertz CT molecular complexity index is 959. The van der Waals surface area contributed by atoms with Gasteiger partial charge in [-0.2, -0.15) is 0 Å². The van der Waals surface area contributed by atoms with E-state index in [2.05, 4.69) is 4.98 Å². The highest BCUT2D eigenvalue weighted by molar-refractivity contribution is 6.30. The summed E-state index contributed by atoms with van der Waals surface area (Å²) in [7, 11) is 0. The van der Waals surface area contributed by atoms with Crippen LogP contribution < -0.4 is 10.2 Å². The molecule has 134 valence electrons. The zero-order chi connectivity index (χ0) is 18.5. The van der Waals surface area contributed by atoms with E-state index in [0.29, 0.717) is 5.02 Å². The Balaban J connectivity index is 1.62. The Labute approximate surface area is 154 Å². The average Bonchev–Trinajstić information content (AvgIpc) is 3.12. The molecule has 3 aromatic rings. The summed E-state index contributed by atoms with van der Waals surface area (Å²) in [6.45, 7) is -0.406. The van der Waals surface area contributed by atoms with Crippen molar-refractivity contribution in [2.75, 3.05) is 0 Å². The summed E-state index contributed by atoms with van der Waals surface area (Å²) < 4.78 is 10.0.